The van der Waals surface area contributed by atoms with E-state index >= 15 is 0 Å². The first kappa shape index (κ1) is 30.0. The number of ether oxygens (including phenoxy) is 2. The molecule has 3 N–H and O–H groups in total. The summed E-state index contributed by atoms with van der Waals surface area (Å²) in [4.78, 5) is 41.2. The van der Waals surface area contributed by atoms with Crippen LogP contribution < -0.4 is 15.4 Å². The molecule has 10 bridgehead atoms. The van der Waals surface area contributed by atoms with Crippen molar-refractivity contribution in [2.45, 2.75) is 63.3 Å². The van der Waals surface area contributed by atoms with Crippen molar-refractivity contribution < 1.29 is 27.9 Å². The summed E-state index contributed by atoms with van der Waals surface area (Å²) in [7, 11) is 0. The van der Waals surface area contributed by atoms with Crippen molar-refractivity contribution in [2.24, 2.45) is 11.8 Å². The molecule has 1 amide bonds. The summed E-state index contributed by atoms with van der Waals surface area (Å²) in [5, 5.41) is 8.07. The molecule has 11 rings (SSSR count). The number of nitrogens with zero attached hydrogens (tertiary/aromatic N) is 2. The second-order valence-corrected chi connectivity index (χ2v) is 15.0. The average Bonchev–Trinajstić information content (AvgIpc) is 3.99. The van der Waals surface area contributed by atoms with Crippen LogP contribution in [0.15, 0.2) is 75.8 Å². The zero-order valence-electron chi connectivity index (χ0n) is 28.6. The summed E-state index contributed by atoms with van der Waals surface area (Å²) in [6.45, 7) is 4.61. The van der Waals surface area contributed by atoms with Gasteiger partial charge in [0.05, 0.1) is 6.20 Å². The molecule has 260 valence electrons. The first-order valence-corrected chi connectivity index (χ1v) is 18.1. The van der Waals surface area contributed by atoms with Gasteiger partial charge in [-0.2, -0.15) is 0 Å². The van der Waals surface area contributed by atoms with Crippen molar-refractivity contribution in [3.05, 3.63) is 95.3 Å². The van der Waals surface area contributed by atoms with Gasteiger partial charge in [0.2, 0.25) is 17.7 Å². The minimum Gasteiger partial charge on any atom is -0.469 e. The van der Waals surface area contributed by atoms with E-state index in [0.29, 0.717) is 54.2 Å². The minimum absolute atomic E-state index is 0.0422. The largest absolute Gasteiger partial charge is 0.469 e. The quantitative estimate of drug-likeness (QED) is 0.177. The van der Waals surface area contributed by atoms with Gasteiger partial charge in [0.15, 0.2) is 29.2 Å². The summed E-state index contributed by atoms with van der Waals surface area (Å²) in [5.74, 6) is 1.46. The number of rotatable bonds is 4. The van der Waals surface area contributed by atoms with Gasteiger partial charge in [0, 0.05) is 64.0 Å². The molecule has 1 spiro atoms. The molecule has 6 aromatic rings. The van der Waals surface area contributed by atoms with Crippen LogP contribution in [-0.2, 0) is 26.2 Å². The number of fused-ring (bicyclic) bond motifs is 7. The highest BCUT2D eigenvalue weighted by Gasteiger charge is 2.61. The Kier molecular flexibility index (Phi) is 6.16. The number of anilines is 1. The smallest absolute Gasteiger partial charge is 0.249 e. The molecule has 11 nitrogen and oxygen atoms in total. The fraction of sp³-hybridized carbons (Fsp3) is 0.317. The van der Waals surface area contributed by atoms with E-state index < -0.39 is 29.7 Å². The summed E-state index contributed by atoms with van der Waals surface area (Å²) in [6, 6.07) is 18.1. The highest BCUT2D eigenvalue weighted by Crippen LogP contribution is 2.61. The first-order valence-electron chi connectivity index (χ1n) is 18.1. The molecule has 52 heavy (non-hydrogen) atoms. The molecule has 1 saturated heterocycles. The van der Waals surface area contributed by atoms with Gasteiger partial charge < -0.3 is 33.9 Å². The number of hydrogen-bond donors (Lipinski definition) is 3. The molecule has 0 aliphatic carbocycles. The molecule has 3 aromatic carbocycles. The lowest BCUT2D eigenvalue weighted by molar-refractivity contribution is -0.134. The number of nitrogens with one attached hydrogen (secondary N) is 3. The number of carbonyl (C=O) groups excluding carboxylic acids is 2. The van der Waals surface area contributed by atoms with E-state index in [1.54, 1.807) is 6.20 Å². The van der Waals surface area contributed by atoms with Crippen LogP contribution in [0.4, 0.5) is 5.69 Å². The molecule has 3 aromatic heterocycles. The Bertz CT molecular complexity index is 2490. The van der Waals surface area contributed by atoms with Gasteiger partial charge >= 0.3 is 0 Å². The number of aromatic nitrogens is 3. The number of H-pyrrole nitrogens is 1. The fourth-order valence-corrected chi connectivity index (χ4v) is 9.18. The van der Waals surface area contributed by atoms with Gasteiger partial charge in [0.1, 0.15) is 23.3 Å². The fourth-order valence-electron chi connectivity index (χ4n) is 9.18. The van der Waals surface area contributed by atoms with Gasteiger partial charge in [-0.1, -0.05) is 56.3 Å². The Morgan fingerprint density at radius 1 is 1.02 bits per heavy atom. The summed E-state index contributed by atoms with van der Waals surface area (Å²) < 4.78 is 26.2. The van der Waals surface area contributed by atoms with Crippen LogP contribution in [0.1, 0.15) is 67.5 Å². The van der Waals surface area contributed by atoms with Gasteiger partial charge in [-0.15, -0.1) is 0 Å². The van der Waals surface area contributed by atoms with Crippen molar-refractivity contribution >= 4 is 28.3 Å². The third-order valence-corrected chi connectivity index (χ3v) is 11.7. The van der Waals surface area contributed by atoms with Crippen LogP contribution in [0.3, 0.4) is 0 Å². The minimum atomic E-state index is -1.01. The maximum atomic E-state index is 14.3. The first-order chi connectivity index (χ1) is 25.4. The lowest BCUT2D eigenvalue weighted by Gasteiger charge is -2.28. The Labute approximate surface area is 298 Å². The molecule has 11 heteroatoms. The predicted molar refractivity (Wildman–Crippen MR) is 191 cm³/mol. The van der Waals surface area contributed by atoms with E-state index in [4.69, 9.17) is 28.3 Å². The number of oxazole rings is 2. The van der Waals surface area contributed by atoms with E-state index in [0.717, 1.165) is 56.4 Å². The topological polar surface area (TPSA) is 145 Å². The van der Waals surface area contributed by atoms with Crippen LogP contribution in [-0.4, -0.2) is 45.6 Å². The van der Waals surface area contributed by atoms with Crippen molar-refractivity contribution in [3.8, 4) is 39.8 Å². The average molecular weight is 694 g/mol. The number of Topliss-reactive ketones (excluding diaryl/α,β-unsaturated/α-hetero) is 1. The van der Waals surface area contributed by atoms with E-state index in [2.05, 4.69) is 58.1 Å². The van der Waals surface area contributed by atoms with Crippen LogP contribution >= 0.6 is 0 Å². The van der Waals surface area contributed by atoms with Gasteiger partial charge in [-0.05, 0) is 48.4 Å². The van der Waals surface area contributed by atoms with E-state index in [-0.39, 0.29) is 24.0 Å². The Balaban J connectivity index is 1.20. The second kappa shape index (κ2) is 10.7. The lowest BCUT2D eigenvalue weighted by Crippen LogP contribution is -2.40. The number of carbonyl (C=O) groups is 2. The van der Waals surface area contributed by atoms with Crippen molar-refractivity contribution in [1.29, 1.82) is 0 Å². The summed E-state index contributed by atoms with van der Waals surface area (Å²) in [6.07, 6.45) is 4.58. The maximum Gasteiger partial charge on any atom is 0.249 e. The zero-order chi connectivity index (χ0) is 34.9. The zero-order valence-corrected chi connectivity index (χ0v) is 28.6. The predicted octanol–water partition coefficient (Wildman–Crippen LogP) is 7.06. The normalized spacial score (nSPS) is 24.9. The lowest BCUT2D eigenvalue weighted by atomic mass is 9.72. The molecule has 5 aliphatic rings. The highest BCUT2D eigenvalue weighted by molar-refractivity contribution is 6.07. The Morgan fingerprint density at radius 3 is 2.77 bits per heavy atom. The molecule has 0 radical (unpaired) electrons. The van der Waals surface area contributed by atoms with Crippen molar-refractivity contribution in [3.63, 3.8) is 0 Å². The number of hydrogen-bond acceptors (Lipinski definition) is 9. The van der Waals surface area contributed by atoms with E-state index in [1.165, 1.54) is 0 Å². The summed E-state index contributed by atoms with van der Waals surface area (Å²) >= 11 is 0. The van der Waals surface area contributed by atoms with Crippen LogP contribution in [0, 0.1) is 11.8 Å². The number of amides is 1. The molecular weight excluding hydrogens is 658 g/mol. The molecule has 1 fully saturated rings. The molecule has 8 heterocycles. The van der Waals surface area contributed by atoms with Crippen LogP contribution in [0.25, 0.3) is 44.9 Å². The number of benzene rings is 3. The van der Waals surface area contributed by atoms with Crippen LogP contribution in [0.5, 0.6) is 5.75 Å². The SMILES string of the molecule is CC(C)[C@@H]1NC(=O)[C@@H](CC(=O)[C@@H]2CCCO2)Cc2ccc3c(c2)C24c5cccc(c5N[C@H]2O3)-c2cccc3[nH]cc(c23)-c2cnc(o2)-c2nc1oc24. The number of aromatic amines is 1. The van der Waals surface area contributed by atoms with Crippen LogP contribution in [0.2, 0.25) is 0 Å². The van der Waals surface area contributed by atoms with Crippen molar-refractivity contribution in [1.82, 2.24) is 20.3 Å². The maximum absolute atomic E-state index is 14.3. The Hall–Kier alpha value is -5.68. The van der Waals surface area contributed by atoms with E-state index in [1.807, 2.05) is 32.2 Å². The highest BCUT2D eigenvalue weighted by atomic mass is 16.5. The molecule has 5 atom stereocenters. The molecular formula is C41H35N5O6. The standard InChI is InChI=1S/C41H35N5O6/c1-19(2)33-39-45-35-36(52-39)41-25-8-3-7-23(22-6-4-9-27-32(22)24(17-42-27)31-18-43-38(35)50-31)34(25)46-40(41)51-29-12-11-20(15-26(29)41)14-21(37(48)44-33)16-28(47)30-10-5-13-49-30/h3-4,6-9,11-12,15,17-19,21,30,33,40,42,46H,5,10,13-14,16H2,1-2H3,(H,44,48)/t21-,30+,33+,40+,41?/m1/s1. The summed E-state index contributed by atoms with van der Waals surface area (Å²) in [5.41, 5.74) is 7.07. The van der Waals surface area contributed by atoms with Gasteiger partial charge in [0.25, 0.3) is 0 Å². The second-order valence-electron chi connectivity index (χ2n) is 15.0. The number of para-hydroxylation sites is 1. The third-order valence-electron chi connectivity index (χ3n) is 11.7. The Morgan fingerprint density at radius 2 is 1.90 bits per heavy atom. The molecule has 5 aliphatic heterocycles. The molecule has 0 saturated carbocycles. The third kappa shape index (κ3) is 3.99. The number of ketones is 1. The van der Waals surface area contributed by atoms with Gasteiger partial charge in [-0.3, -0.25) is 9.59 Å². The molecule has 1 unspecified atom stereocenters. The monoisotopic (exact) mass is 693 g/mol. The van der Waals surface area contributed by atoms with Gasteiger partial charge in [-0.25, -0.2) is 9.97 Å². The van der Waals surface area contributed by atoms with E-state index in [9.17, 15) is 9.59 Å². The van der Waals surface area contributed by atoms with Crippen molar-refractivity contribution in [2.75, 3.05) is 11.9 Å².